The van der Waals surface area contributed by atoms with E-state index in [1.165, 1.54) is 6.20 Å². The Morgan fingerprint density at radius 2 is 2.00 bits per heavy atom. The second-order valence-corrected chi connectivity index (χ2v) is 6.49. The van der Waals surface area contributed by atoms with Crippen molar-refractivity contribution in [3.63, 3.8) is 0 Å². The van der Waals surface area contributed by atoms with E-state index in [4.69, 9.17) is 0 Å². The van der Waals surface area contributed by atoms with Crippen LogP contribution in [0.15, 0.2) is 39.8 Å². The van der Waals surface area contributed by atoms with Gasteiger partial charge in [0.25, 0.3) is 0 Å². The third kappa shape index (κ3) is 2.63. The van der Waals surface area contributed by atoms with Crippen molar-refractivity contribution >= 4 is 32.0 Å². The summed E-state index contributed by atoms with van der Waals surface area (Å²) >= 11 is 3.29. The van der Waals surface area contributed by atoms with E-state index in [-0.39, 0.29) is 0 Å². The van der Waals surface area contributed by atoms with Crippen LogP contribution in [0.3, 0.4) is 0 Å². The molecular formula is C11H13BrN3O2S+. The van der Waals surface area contributed by atoms with Crippen molar-refractivity contribution in [3.05, 3.63) is 40.6 Å². The van der Waals surface area contributed by atoms with Gasteiger partial charge in [-0.15, -0.1) is 0 Å². The maximum Gasteiger partial charge on any atom is 0.346 e. The number of aromatic nitrogens is 2. The fourth-order valence-corrected chi connectivity index (χ4v) is 2.81. The molecule has 0 aliphatic rings. The minimum atomic E-state index is -3.31. The molecule has 1 atom stereocenters. The standard InChI is InChI=1S/C11H12BrN3O2S/c1-8-11(7-13-15(8)2)14-18(16,17)10-5-3-9(12)4-6-10/h3-7H,1-2H3,(H-,14,16,17)/p+1. The van der Waals surface area contributed by atoms with Gasteiger partial charge in [0.2, 0.25) is 4.90 Å². The van der Waals surface area contributed by atoms with E-state index in [1.807, 2.05) is 6.92 Å². The van der Waals surface area contributed by atoms with Crippen molar-refractivity contribution in [2.24, 2.45) is 7.05 Å². The zero-order chi connectivity index (χ0) is 13.3. The first-order valence-corrected chi connectivity index (χ1v) is 7.49. The lowest BCUT2D eigenvalue weighted by Gasteiger charge is -2.06. The van der Waals surface area contributed by atoms with Crippen LogP contribution in [-0.2, 0) is 21.7 Å². The Bertz CT molecular complexity index is 609. The molecule has 7 heteroatoms. The Balaban J connectivity index is 2.29. The van der Waals surface area contributed by atoms with E-state index in [2.05, 4.69) is 25.8 Å². The second-order valence-electron chi connectivity index (χ2n) is 3.85. The Hall–Kier alpha value is -1.18. The lowest BCUT2D eigenvalue weighted by Crippen LogP contribution is -2.20. The van der Waals surface area contributed by atoms with Crippen LogP contribution in [-0.4, -0.2) is 14.3 Å². The molecule has 0 amide bonds. The van der Waals surface area contributed by atoms with Crippen molar-refractivity contribution < 1.29 is 8.76 Å². The zero-order valence-corrected chi connectivity index (χ0v) is 12.3. The van der Waals surface area contributed by atoms with Crippen LogP contribution < -0.4 is 4.72 Å². The first kappa shape index (κ1) is 13.3. The molecule has 0 spiro atoms. The first-order valence-electron chi connectivity index (χ1n) is 5.19. The predicted molar refractivity (Wildman–Crippen MR) is 74.7 cm³/mol. The van der Waals surface area contributed by atoms with Crippen molar-refractivity contribution in [3.8, 4) is 0 Å². The minimum absolute atomic E-state index is 0.328. The molecule has 0 saturated heterocycles. The van der Waals surface area contributed by atoms with E-state index in [9.17, 15) is 8.76 Å². The average molecular weight is 331 g/mol. The van der Waals surface area contributed by atoms with Gasteiger partial charge in [0.05, 0.1) is 11.9 Å². The van der Waals surface area contributed by atoms with Crippen LogP contribution in [0.5, 0.6) is 0 Å². The van der Waals surface area contributed by atoms with E-state index >= 15 is 0 Å². The number of aryl methyl sites for hydroxylation is 1. The van der Waals surface area contributed by atoms with Gasteiger partial charge in [-0.1, -0.05) is 15.9 Å². The van der Waals surface area contributed by atoms with Crippen LogP contribution in [0, 0.1) is 6.92 Å². The third-order valence-electron chi connectivity index (χ3n) is 2.62. The van der Waals surface area contributed by atoms with E-state index in [1.54, 1.807) is 36.0 Å². The zero-order valence-electron chi connectivity index (χ0n) is 9.92. The smallest absolute Gasteiger partial charge is 0.271 e. The van der Waals surface area contributed by atoms with E-state index in [0.717, 1.165) is 10.2 Å². The predicted octanol–water partition coefficient (Wildman–Crippen LogP) is 2.85. The van der Waals surface area contributed by atoms with Gasteiger partial charge >= 0.3 is 10.4 Å². The second kappa shape index (κ2) is 4.83. The van der Waals surface area contributed by atoms with Crippen molar-refractivity contribution in [2.75, 3.05) is 4.72 Å². The molecule has 1 unspecified atom stereocenters. The normalized spacial score (nSPS) is 14.2. The number of hydrogen-bond acceptors (Lipinski definition) is 2. The number of nitrogens with one attached hydrogen (secondary N) is 1. The molecule has 1 aromatic carbocycles. The summed E-state index contributed by atoms with van der Waals surface area (Å²) in [5.41, 5.74) is 1.35. The van der Waals surface area contributed by atoms with Gasteiger partial charge in [0.1, 0.15) is 5.69 Å². The lowest BCUT2D eigenvalue weighted by atomic mass is 10.4. The fraction of sp³-hybridized carbons (Fsp3) is 0.182. The Kier molecular flexibility index (Phi) is 3.56. The highest BCUT2D eigenvalue weighted by Gasteiger charge is 2.30. The summed E-state index contributed by atoms with van der Waals surface area (Å²) in [6.07, 6.45) is 1.53. The van der Waals surface area contributed by atoms with Gasteiger partial charge in [-0.3, -0.25) is 4.68 Å². The molecule has 2 N–H and O–H groups in total. The van der Waals surface area contributed by atoms with Crippen molar-refractivity contribution in [2.45, 2.75) is 11.8 Å². The van der Waals surface area contributed by atoms with Gasteiger partial charge in [-0.25, -0.2) is 0 Å². The maximum absolute atomic E-state index is 12.2. The summed E-state index contributed by atoms with van der Waals surface area (Å²) in [5.74, 6) is 0. The number of benzene rings is 1. The molecule has 2 aromatic rings. The summed E-state index contributed by atoms with van der Waals surface area (Å²) in [5, 5.41) is 4.02. The summed E-state index contributed by atoms with van der Waals surface area (Å²) in [7, 11) is -1.54. The third-order valence-corrected chi connectivity index (χ3v) is 4.55. The molecule has 0 radical (unpaired) electrons. The molecule has 0 aliphatic heterocycles. The lowest BCUT2D eigenvalue weighted by molar-refractivity contribution is 0.502. The molecule has 1 aromatic heterocycles. The SMILES string of the molecule is Cc1c(N[S+](=O)(O)c2ccc(Br)cc2)cnn1C. The van der Waals surface area contributed by atoms with Crippen LogP contribution in [0.4, 0.5) is 5.69 Å². The summed E-state index contributed by atoms with van der Waals surface area (Å²) < 4.78 is 27.4. The van der Waals surface area contributed by atoms with Crippen LogP contribution in [0.25, 0.3) is 0 Å². The highest BCUT2D eigenvalue weighted by molar-refractivity contribution is 9.10. The minimum Gasteiger partial charge on any atom is -0.271 e. The number of halogens is 1. The highest BCUT2D eigenvalue weighted by atomic mass is 79.9. The number of nitrogens with zero attached hydrogens (tertiary/aromatic N) is 2. The molecule has 1 heterocycles. The molecule has 0 aliphatic carbocycles. The van der Waals surface area contributed by atoms with Gasteiger partial charge in [-0.2, -0.15) is 14.4 Å². The average Bonchev–Trinajstić information content (AvgIpc) is 2.61. The number of rotatable bonds is 3. The van der Waals surface area contributed by atoms with Gasteiger partial charge in [0, 0.05) is 11.5 Å². The summed E-state index contributed by atoms with van der Waals surface area (Å²) in [6, 6.07) is 6.65. The first-order chi connectivity index (χ1) is 8.40. The van der Waals surface area contributed by atoms with Crippen LogP contribution >= 0.6 is 15.9 Å². The molecule has 0 saturated carbocycles. The van der Waals surface area contributed by atoms with Gasteiger partial charge in [0.15, 0.2) is 0 Å². The van der Waals surface area contributed by atoms with Gasteiger partial charge < -0.3 is 0 Å². The number of hydrogen-bond donors (Lipinski definition) is 2. The Morgan fingerprint density at radius 1 is 1.39 bits per heavy atom. The van der Waals surface area contributed by atoms with Gasteiger partial charge in [-0.05, 0) is 35.4 Å². The molecular weight excluding hydrogens is 318 g/mol. The van der Waals surface area contributed by atoms with Crippen LogP contribution in [0.2, 0.25) is 0 Å². The summed E-state index contributed by atoms with van der Waals surface area (Å²) in [6.45, 7) is 1.83. The maximum atomic E-state index is 12.2. The molecule has 96 valence electrons. The molecule has 5 nitrogen and oxygen atoms in total. The van der Waals surface area contributed by atoms with E-state index in [0.29, 0.717) is 10.6 Å². The largest absolute Gasteiger partial charge is 0.346 e. The fourth-order valence-electron chi connectivity index (χ4n) is 1.43. The van der Waals surface area contributed by atoms with Crippen molar-refractivity contribution in [1.29, 1.82) is 0 Å². The van der Waals surface area contributed by atoms with Crippen LogP contribution in [0.1, 0.15) is 5.69 Å². The highest BCUT2D eigenvalue weighted by Crippen LogP contribution is 2.23. The summed E-state index contributed by atoms with van der Waals surface area (Å²) in [4.78, 5) is 0.328. The molecule has 0 bridgehead atoms. The number of anilines is 1. The Morgan fingerprint density at radius 3 is 2.50 bits per heavy atom. The molecule has 0 fully saturated rings. The molecule has 2 rings (SSSR count). The quantitative estimate of drug-likeness (QED) is 0.850. The molecule has 18 heavy (non-hydrogen) atoms. The van der Waals surface area contributed by atoms with Crippen molar-refractivity contribution in [1.82, 2.24) is 9.78 Å². The monoisotopic (exact) mass is 330 g/mol. The topological polar surface area (TPSA) is 67.2 Å². The van der Waals surface area contributed by atoms with E-state index < -0.39 is 10.4 Å². The Labute approximate surface area is 115 Å².